The zero-order valence-electron chi connectivity index (χ0n) is 14.6. The first-order valence-corrected chi connectivity index (χ1v) is 8.45. The molecular weight excluding hydrogens is 340 g/mol. The first kappa shape index (κ1) is 19.2. The molecule has 1 atom stereocenters. The second kappa shape index (κ2) is 8.32. The number of benzene rings is 1. The topological polar surface area (TPSA) is 71.5 Å². The maximum Gasteiger partial charge on any atom is 0.408 e. The summed E-state index contributed by atoms with van der Waals surface area (Å²) in [6.45, 7) is 5.19. The van der Waals surface area contributed by atoms with E-state index in [1.54, 1.807) is 26.8 Å². The molecule has 1 aromatic heterocycles. The van der Waals surface area contributed by atoms with Crippen molar-refractivity contribution in [3.05, 3.63) is 64.4 Å². The van der Waals surface area contributed by atoms with Gasteiger partial charge in [0.1, 0.15) is 5.60 Å². The molecular formula is C19H23ClN2O3. The van der Waals surface area contributed by atoms with Crippen LogP contribution in [0.5, 0.6) is 0 Å². The van der Waals surface area contributed by atoms with E-state index in [1.165, 1.54) is 6.20 Å². The quantitative estimate of drug-likeness (QED) is 0.842. The number of aliphatic hydroxyl groups is 1. The number of alkyl carbamates (subject to hydrolysis) is 1. The third kappa shape index (κ3) is 6.03. The monoisotopic (exact) mass is 362 g/mol. The molecule has 2 rings (SSSR count). The molecule has 0 bridgehead atoms. The van der Waals surface area contributed by atoms with Crippen molar-refractivity contribution in [1.29, 1.82) is 0 Å². The van der Waals surface area contributed by atoms with Crippen LogP contribution in [0.1, 0.15) is 43.6 Å². The van der Waals surface area contributed by atoms with Gasteiger partial charge in [0.25, 0.3) is 0 Å². The number of pyridine rings is 1. The van der Waals surface area contributed by atoms with E-state index in [4.69, 9.17) is 16.3 Å². The van der Waals surface area contributed by atoms with Crippen LogP contribution in [0.25, 0.3) is 0 Å². The number of hydrogen-bond acceptors (Lipinski definition) is 4. The van der Waals surface area contributed by atoms with E-state index in [0.717, 1.165) is 5.56 Å². The summed E-state index contributed by atoms with van der Waals surface area (Å²) in [5, 5.41) is 12.9. The Kier molecular flexibility index (Phi) is 6.39. The van der Waals surface area contributed by atoms with Gasteiger partial charge in [0.2, 0.25) is 0 Å². The summed E-state index contributed by atoms with van der Waals surface area (Å²) in [7, 11) is 0. The van der Waals surface area contributed by atoms with Crippen molar-refractivity contribution < 1.29 is 14.6 Å². The van der Waals surface area contributed by atoms with Crippen LogP contribution in [0.15, 0.2) is 42.6 Å². The highest BCUT2D eigenvalue weighted by molar-refractivity contribution is 6.30. The molecule has 0 radical (unpaired) electrons. The predicted molar refractivity (Wildman–Crippen MR) is 97.4 cm³/mol. The average molecular weight is 363 g/mol. The lowest BCUT2D eigenvalue weighted by Gasteiger charge is -2.24. The standard InChI is InChI=1S/C19H23ClN2O3/c1-19(2,3)25-18(24)22-16(9-13-7-5-4-6-8-13)17-14(12-23)10-15(20)11-21-17/h4-8,10-11,16,23H,9,12H2,1-3H3,(H,22,24). The van der Waals surface area contributed by atoms with E-state index in [-0.39, 0.29) is 6.61 Å². The van der Waals surface area contributed by atoms with Crippen LogP contribution in [0.3, 0.4) is 0 Å². The number of nitrogens with one attached hydrogen (secondary N) is 1. The number of carbonyl (C=O) groups excluding carboxylic acids is 1. The number of ether oxygens (including phenoxy) is 1. The Hall–Kier alpha value is -2.11. The summed E-state index contributed by atoms with van der Waals surface area (Å²) in [6, 6.07) is 10.9. The van der Waals surface area contributed by atoms with Gasteiger partial charge in [-0.15, -0.1) is 0 Å². The number of carbonyl (C=O) groups is 1. The van der Waals surface area contributed by atoms with E-state index in [2.05, 4.69) is 10.3 Å². The lowest BCUT2D eigenvalue weighted by Crippen LogP contribution is -2.36. The Morgan fingerprint density at radius 3 is 2.60 bits per heavy atom. The molecule has 1 aromatic carbocycles. The van der Waals surface area contributed by atoms with Crippen LogP contribution >= 0.6 is 11.6 Å². The molecule has 0 aliphatic rings. The fourth-order valence-corrected chi connectivity index (χ4v) is 2.63. The largest absolute Gasteiger partial charge is 0.444 e. The molecule has 0 saturated carbocycles. The van der Waals surface area contributed by atoms with Gasteiger partial charge in [-0.3, -0.25) is 4.98 Å². The predicted octanol–water partition coefficient (Wildman–Crippen LogP) is 4.04. The fourth-order valence-electron chi connectivity index (χ4n) is 2.45. The van der Waals surface area contributed by atoms with E-state index in [1.807, 2.05) is 30.3 Å². The molecule has 0 fully saturated rings. The third-order valence-corrected chi connectivity index (χ3v) is 3.65. The molecule has 2 N–H and O–H groups in total. The number of hydrogen-bond donors (Lipinski definition) is 2. The Morgan fingerprint density at radius 1 is 1.32 bits per heavy atom. The summed E-state index contributed by atoms with van der Waals surface area (Å²) in [6.07, 6.45) is 1.49. The van der Waals surface area contributed by atoms with Crippen LogP contribution < -0.4 is 5.32 Å². The Bertz CT molecular complexity index is 714. The van der Waals surface area contributed by atoms with Crippen LogP contribution in [0, 0.1) is 0 Å². The molecule has 134 valence electrons. The lowest BCUT2D eigenvalue weighted by atomic mass is 9.99. The van der Waals surface area contributed by atoms with Crippen molar-refractivity contribution in [2.45, 2.75) is 45.4 Å². The zero-order chi connectivity index (χ0) is 18.4. The average Bonchev–Trinajstić information content (AvgIpc) is 2.53. The molecule has 0 saturated heterocycles. The van der Waals surface area contributed by atoms with E-state index in [9.17, 15) is 9.90 Å². The van der Waals surface area contributed by atoms with Crippen molar-refractivity contribution >= 4 is 17.7 Å². The highest BCUT2D eigenvalue weighted by atomic mass is 35.5. The second-order valence-corrected chi connectivity index (χ2v) is 7.18. The maximum absolute atomic E-state index is 12.2. The van der Waals surface area contributed by atoms with Crippen molar-refractivity contribution in [3.8, 4) is 0 Å². The first-order valence-electron chi connectivity index (χ1n) is 8.07. The van der Waals surface area contributed by atoms with E-state index >= 15 is 0 Å². The minimum atomic E-state index is -0.603. The van der Waals surface area contributed by atoms with Crippen molar-refractivity contribution in [2.24, 2.45) is 0 Å². The Balaban J connectivity index is 2.30. The fraction of sp³-hybridized carbons (Fsp3) is 0.368. The van der Waals surface area contributed by atoms with Crippen molar-refractivity contribution in [2.75, 3.05) is 0 Å². The van der Waals surface area contributed by atoms with Crippen LogP contribution in [0.2, 0.25) is 5.02 Å². The smallest absolute Gasteiger partial charge is 0.408 e. The number of aromatic nitrogens is 1. The third-order valence-electron chi connectivity index (χ3n) is 3.44. The number of aliphatic hydroxyl groups excluding tert-OH is 1. The summed E-state index contributed by atoms with van der Waals surface area (Å²) in [4.78, 5) is 16.6. The van der Waals surface area contributed by atoms with Gasteiger partial charge >= 0.3 is 6.09 Å². The Labute approximate surface area is 153 Å². The second-order valence-electron chi connectivity index (χ2n) is 6.74. The highest BCUT2D eigenvalue weighted by Gasteiger charge is 2.23. The van der Waals surface area contributed by atoms with Gasteiger partial charge in [-0.2, -0.15) is 0 Å². The molecule has 5 nitrogen and oxygen atoms in total. The van der Waals surface area contributed by atoms with Crippen molar-refractivity contribution in [1.82, 2.24) is 10.3 Å². The summed E-state index contributed by atoms with van der Waals surface area (Å²) >= 11 is 5.97. The number of amides is 1. The Morgan fingerprint density at radius 2 is 2.00 bits per heavy atom. The van der Waals surface area contributed by atoms with Gasteiger partial charge in [-0.1, -0.05) is 41.9 Å². The number of halogens is 1. The van der Waals surface area contributed by atoms with Gasteiger partial charge in [0.15, 0.2) is 0 Å². The van der Waals surface area contributed by atoms with Crippen molar-refractivity contribution in [3.63, 3.8) is 0 Å². The van der Waals surface area contributed by atoms with E-state index in [0.29, 0.717) is 22.7 Å². The van der Waals surface area contributed by atoms with Crippen LogP contribution in [0.4, 0.5) is 4.79 Å². The summed E-state index contributed by atoms with van der Waals surface area (Å²) in [5.41, 5.74) is 1.57. The van der Waals surface area contributed by atoms with Crippen LogP contribution in [-0.4, -0.2) is 21.8 Å². The molecule has 2 aromatic rings. The summed E-state index contributed by atoms with van der Waals surface area (Å²) in [5.74, 6) is 0. The van der Waals surface area contributed by atoms with Gasteiger partial charge in [0.05, 0.1) is 23.4 Å². The van der Waals surface area contributed by atoms with Gasteiger partial charge in [0, 0.05) is 11.8 Å². The minimum Gasteiger partial charge on any atom is -0.444 e. The minimum absolute atomic E-state index is 0.218. The SMILES string of the molecule is CC(C)(C)OC(=O)NC(Cc1ccccc1)c1ncc(Cl)cc1CO. The number of nitrogens with zero attached hydrogens (tertiary/aromatic N) is 1. The molecule has 0 spiro atoms. The van der Waals surface area contributed by atoms with E-state index < -0.39 is 17.7 Å². The molecule has 0 aliphatic heterocycles. The molecule has 1 heterocycles. The molecule has 6 heteroatoms. The lowest BCUT2D eigenvalue weighted by molar-refractivity contribution is 0.0501. The van der Waals surface area contributed by atoms with Gasteiger partial charge in [-0.25, -0.2) is 4.79 Å². The van der Waals surface area contributed by atoms with Gasteiger partial charge in [-0.05, 0) is 38.8 Å². The molecule has 1 amide bonds. The van der Waals surface area contributed by atoms with Gasteiger partial charge < -0.3 is 15.2 Å². The summed E-state index contributed by atoms with van der Waals surface area (Å²) < 4.78 is 5.36. The molecule has 1 unspecified atom stereocenters. The highest BCUT2D eigenvalue weighted by Crippen LogP contribution is 2.23. The normalized spacial score (nSPS) is 12.5. The molecule has 0 aliphatic carbocycles. The first-order chi connectivity index (χ1) is 11.8. The maximum atomic E-state index is 12.2. The number of rotatable bonds is 5. The van der Waals surface area contributed by atoms with Crippen LogP contribution in [-0.2, 0) is 17.8 Å². The zero-order valence-corrected chi connectivity index (χ0v) is 15.4. The molecule has 25 heavy (non-hydrogen) atoms.